The molecular weight excluding hydrogens is 664 g/mol. The molecule has 4 rings (SSSR count). The van der Waals surface area contributed by atoms with Crippen molar-refractivity contribution in [2.45, 2.75) is 107 Å². The van der Waals surface area contributed by atoms with Crippen molar-refractivity contribution in [2.75, 3.05) is 25.9 Å². The summed E-state index contributed by atoms with van der Waals surface area (Å²) in [7, 11) is -3.55. The van der Waals surface area contributed by atoms with Crippen molar-refractivity contribution in [3.63, 3.8) is 0 Å². The van der Waals surface area contributed by atoms with E-state index in [9.17, 15) is 33.0 Å². The Labute approximate surface area is 294 Å². The summed E-state index contributed by atoms with van der Waals surface area (Å²) in [5, 5.41) is 30.5. The first kappa shape index (κ1) is 39.2. The zero-order valence-corrected chi connectivity index (χ0v) is 29.6. The van der Waals surface area contributed by atoms with Gasteiger partial charge in [-0.2, -0.15) is 0 Å². The zero-order chi connectivity index (χ0) is 36.1. The molecule has 15 nitrogen and oxygen atoms in total. The van der Waals surface area contributed by atoms with Crippen LogP contribution in [0.3, 0.4) is 0 Å². The van der Waals surface area contributed by atoms with Crippen LogP contribution in [0.5, 0.6) is 0 Å². The highest BCUT2D eigenvalue weighted by Gasteiger charge is 2.33. The van der Waals surface area contributed by atoms with Crippen LogP contribution in [0.1, 0.15) is 69.0 Å². The van der Waals surface area contributed by atoms with Gasteiger partial charge in [0.1, 0.15) is 12.1 Å². The third-order valence-corrected chi connectivity index (χ3v) is 10.2. The number of nitrogens with zero attached hydrogens (tertiary/aromatic N) is 2. The first-order chi connectivity index (χ1) is 23.9. The number of aromatic nitrogens is 2. The number of benzene rings is 1. The third-order valence-electron chi connectivity index (χ3n) is 9.53. The molecule has 1 saturated carbocycles. The molecule has 278 valence electrons. The second-order valence-electron chi connectivity index (χ2n) is 13.8. The standard InChI is InChI=1S/C34H54N8O7S/c1-50(48,49)38-21-27(43)19-31(44)28(16-23-8-4-2-5-9-23)39-33(46)30(18-26-20-36-22-37-26)40-32(45)29(17-24-10-6-3-7-11-24)41-34(47)42-14-12-25(35)13-15-42/h3,6-7,10-11,20,22-23,25,27-31,38,43-44H,2,4-5,8-9,12-19,21,35H2,1H3,(H,36,37)(H,39,46)(H,40,45)(H,41,47)/t27-,28-,29-,30-,31-/m0/s1. The predicted octanol–water partition coefficient (Wildman–Crippen LogP) is 0.297. The highest BCUT2D eigenvalue weighted by atomic mass is 32.2. The average Bonchev–Trinajstić information content (AvgIpc) is 3.60. The second-order valence-corrected chi connectivity index (χ2v) is 15.6. The lowest BCUT2D eigenvalue weighted by molar-refractivity contribution is -0.131. The van der Waals surface area contributed by atoms with E-state index in [1.54, 1.807) is 11.1 Å². The topological polar surface area (TPSA) is 232 Å². The SMILES string of the molecule is CS(=O)(=O)NC[C@@H](O)C[C@H](O)[C@H](CC1CCCCC1)NC(=O)[C@H](Cc1cnc[nH]1)NC(=O)[C@H](Cc1ccccc1)NC(=O)N1CCC(N)CC1. The maximum absolute atomic E-state index is 14.1. The number of carbonyl (C=O) groups is 3. The van der Waals surface area contributed by atoms with E-state index in [1.807, 2.05) is 30.3 Å². The summed E-state index contributed by atoms with van der Waals surface area (Å²) in [6.45, 7) is 0.666. The molecular formula is C34H54N8O7S. The van der Waals surface area contributed by atoms with Crippen molar-refractivity contribution in [2.24, 2.45) is 11.7 Å². The van der Waals surface area contributed by atoms with Gasteiger partial charge in [-0.25, -0.2) is 22.9 Å². The molecule has 0 bridgehead atoms. The van der Waals surface area contributed by atoms with Gasteiger partial charge < -0.3 is 41.8 Å². The van der Waals surface area contributed by atoms with Crippen molar-refractivity contribution in [1.29, 1.82) is 0 Å². The van der Waals surface area contributed by atoms with E-state index in [0.29, 0.717) is 38.0 Å². The molecule has 1 aromatic heterocycles. The monoisotopic (exact) mass is 718 g/mol. The zero-order valence-electron chi connectivity index (χ0n) is 28.8. The highest BCUT2D eigenvalue weighted by molar-refractivity contribution is 7.88. The van der Waals surface area contributed by atoms with E-state index in [-0.39, 0.29) is 43.8 Å². The van der Waals surface area contributed by atoms with Gasteiger partial charge in [0.05, 0.1) is 30.8 Å². The number of carbonyl (C=O) groups excluding carboxylic acids is 3. The van der Waals surface area contributed by atoms with E-state index in [1.165, 1.54) is 6.33 Å². The number of rotatable bonds is 17. The summed E-state index contributed by atoms with van der Waals surface area (Å²) in [5.74, 6) is -0.862. The van der Waals surface area contributed by atoms with Crippen LogP contribution in [-0.4, -0.2) is 114 Å². The number of aliphatic hydroxyl groups excluding tert-OH is 2. The van der Waals surface area contributed by atoms with Gasteiger partial charge in [-0.3, -0.25) is 9.59 Å². The summed E-state index contributed by atoms with van der Waals surface area (Å²) in [6.07, 6.45) is 8.55. The summed E-state index contributed by atoms with van der Waals surface area (Å²) < 4.78 is 25.3. The number of urea groups is 1. The van der Waals surface area contributed by atoms with Gasteiger partial charge in [-0.1, -0.05) is 62.4 Å². The fourth-order valence-electron chi connectivity index (χ4n) is 6.65. The number of hydrogen-bond acceptors (Lipinski definition) is 9. The molecule has 4 amide bonds. The van der Waals surface area contributed by atoms with E-state index >= 15 is 0 Å². The highest BCUT2D eigenvalue weighted by Crippen LogP contribution is 2.28. The molecule has 2 heterocycles. The number of sulfonamides is 1. The van der Waals surface area contributed by atoms with E-state index in [4.69, 9.17) is 5.73 Å². The fraction of sp³-hybridized carbons (Fsp3) is 0.647. The van der Waals surface area contributed by atoms with Crippen LogP contribution >= 0.6 is 0 Å². The molecule has 1 aliphatic carbocycles. The minimum Gasteiger partial charge on any atom is -0.392 e. The van der Waals surface area contributed by atoms with Crippen molar-refractivity contribution in [1.82, 2.24) is 35.5 Å². The molecule has 1 saturated heterocycles. The van der Waals surface area contributed by atoms with Crippen LogP contribution in [0.15, 0.2) is 42.9 Å². The Morgan fingerprint density at radius 3 is 2.26 bits per heavy atom. The van der Waals surface area contributed by atoms with E-state index in [2.05, 4.69) is 30.6 Å². The Hall–Kier alpha value is -3.57. The molecule has 0 radical (unpaired) electrons. The van der Waals surface area contributed by atoms with Crippen LogP contribution in [-0.2, 0) is 32.5 Å². The minimum atomic E-state index is -3.55. The van der Waals surface area contributed by atoms with Crippen LogP contribution in [0.4, 0.5) is 4.79 Å². The smallest absolute Gasteiger partial charge is 0.318 e. The minimum absolute atomic E-state index is 0.0251. The van der Waals surface area contributed by atoms with Crippen molar-refractivity contribution in [3.05, 3.63) is 54.1 Å². The summed E-state index contributed by atoms with van der Waals surface area (Å²) in [4.78, 5) is 50.0. The first-order valence-electron chi connectivity index (χ1n) is 17.6. The molecule has 1 aromatic carbocycles. The number of aliphatic hydroxyl groups is 2. The number of nitrogens with one attached hydrogen (secondary N) is 5. The van der Waals surface area contributed by atoms with Gasteiger partial charge in [0.15, 0.2) is 0 Å². The van der Waals surface area contributed by atoms with Crippen LogP contribution < -0.4 is 26.4 Å². The summed E-state index contributed by atoms with van der Waals surface area (Å²) in [5.41, 5.74) is 7.44. The first-order valence-corrected chi connectivity index (χ1v) is 19.5. The number of piperidine rings is 1. The number of aromatic amines is 1. The lowest BCUT2D eigenvalue weighted by atomic mass is 9.83. The number of imidazole rings is 1. The van der Waals surface area contributed by atoms with Crippen molar-refractivity contribution < 1.29 is 33.0 Å². The summed E-state index contributed by atoms with van der Waals surface area (Å²) in [6, 6.07) is 6.03. The molecule has 5 atom stereocenters. The average molecular weight is 719 g/mol. The van der Waals surface area contributed by atoms with Gasteiger partial charge >= 0.3 is 6.03 Å². The number of amides is 4. The van der Waals surface area contributed by atoms with Gasteiger partial charge in [0, 0.05) is 56.8 Å². The largest absolute Gasteiger partial charge is 0.392 e. The van der Waals surface area contributed by atoms with Gasteiger partial charge in [-0.05, 0) is 30.7 Å². The molecule has 1 aliphatic heterocycles. The maximum Gasteiger partial charge on any atom is 0.318 e. The Morgan fingerprint density at radius 2 is 1.62 bits per heavy atom. The van der Waals surface area contributed by atoms with Crippen molar-refractivity contribution in [3.8, 4) is 0 Å². The van der Waals surface area contributed by atoms with Gasteiger partial charge in [0.2, 0.25) is 21.8 Å². The van der Waals surface area contributed by atoms with Crippen LogP contribution in [0.25, 0.3) is 0 Å². The fourth-order valence-corrected chi connectivity index (χ4v) is 7.15. The predicted molar refractivity (Wildman–Crippen MR) is 188 cm³/mol. The Balaban J connectivity index is 1.51. The van der Waals surface area contributed by atoms with Gasteiger partial charge in [-0.15, -0.1) is 0 Å². The second kappa shape index (κ2) is 19.2. The molecule has 2 aliphatic rings. The lowest BCUT2D eigenvalue weighted by Crippen LogP contribution is -2.59. The lowest BCUT2D eigenvalue weighted by Gasteiger charge is -2.33. The molecule has 50 heavy (non-hydrogen) atoms. The number of likely N-dealkylation sites (tertiary alicyclic amines) is 1. The molecule has 2 fully saturated rings. The normalized spacial score (nSPS) is 19.2. The Kier molecular flexibility index (Phi) is 15.0. The van der Waals surface area contributed by atoms with Crippen LogP contribution in [0.2, 0.25) is 0 Å². The quantitative estimate of drug-likeness (QED) is 0.112. The molecule has 16 heteroatoms. The Bertz CT molecular complexity index is 1450. The molecule has 0 unspecified atom stereocenters. The number of H-pyrrole nitrogens is 1. The maximum atomic E-state index is 14.1. The number of nitrogens with two attached hydrogens (primary N) is 1. The van der Waals surface area contributed by atoms with Gasteiger partial charge in [0.25, 0.3) is 0 Å². The van der Waals surface area contributed by atoms with Crippen molar-refractivity contribution >= 4 is 27.9 Å². The van der Waals surface area contributed by atoms with E-state index in [0.717, 1.165) is 43.9 Å². The molecule has 9 N–H and O–H groups in total. The molecule has 0 spiro atoms. The Morgan fingerprint density at radius 1 is 0.960 bits per heavy atom. The number of hydrogen-bond donors (Lipinski definition) is 8. The molecule has 2 aromatic rings. The van der Waals surface area contributed by atoms with E-state index < -0.39 is 52.2 Å². The summed E-state index contributed by atoms with van der Waals surface area (Å²) >= 11 is 0. The third kappa shape index (κ3) is 13.3. The van der Waals surface area contributed by atoms with Crippen LogP contribution in [0, 0.1) is 5.92 Å².